The maximum atomic E-state index is 12.8. The van der Waals surface area contributed by atoms with Crippen molar-refractivity contribution in [3.8, 4) is 0 Å². The van der Waals surface area contributed by atoms with Gasteiger partial charge in [0.2, 0.25) is 11.8 Å². The van der Waals surface area contributed by atoms with Crippen LogP contribution in [0, 0.1) is 0 Å². The molecule has 0 aromatic heterocycles. The van der Waals surface area contributed by atoms with Crippen molar-refractivity contribution in [2.24, 2.45) is 0 Å². The zero-order chi connectivity index (χ0) is 15.0. The normalized spacial score (nSPS) is 24.0. The fourth-order valence-electron chi connectivity index (χ4n) is 3.35. The van der Waals surface area contributed by atoms with Crippen LogP contribution in [0.1, 0.15) is 37.8 Å². The van der Waals surface area contributed by atoms with E-state index >= 15 is 0 Å². The van der Waals surface area contributed by atoms with Gasteiger partial charge in [-0.25, -0.2) is 0 Å². The van der Waals surface area contributed by atoms with Crippen LogP contribution in [0.2, 0.25) is 5.02 Å². The minimum atomic E-state index is -0.273. The first kappa shape index (κ1) is 14.4. The van der Waals surface area contributed by atoms with Gasteiger partial charge in [0.15, 0.2) is 0 Å². The van der Waals surface area contributed by atoms with Crippen molar-refractivity contribution in [2.75, 3.05) is 13.1 Å². The lowest BCUT2D eigenvalue weighted by Gasteiger charge is -2.31. The summed E-state index contributed by atoms with van der Waals surface area (Å²) in [6.45, 7) is 3.16. The van der Waals surface area contributed by atoms with Gasteiger partial charge in [-0.05, 0) is 31.4 Å². The van der Waals surface area contributed by atoms with Gasteiger partial charge in [0.05, 0.1) is 6.04 Å². The van der Waals surface area contributed by atoms with E-state index < -0.39 is 0 Å². The van der Waals surface area contributed by atoms with Crippen LogP contribution in [0.4, 0.5) is 0 Å². The summed E-state index contributed by atoms with van der Waals surface area (Å²) in [5.74, 6) is 0.158. The smallest absolute Gasteiger partial charge is 0.245 e. The first-order chi connectivity index (χ1) is 10.1. The number of hydrogen-bond acceptors (Lipinski definition) is 2. The Bertz CT molecular complexity index is 575. The van der Waals surface area contributed by atoms with Crippen molar-refractivity contribution in [2.45, 2.75) is 38.3 Å². The van der Waals surface area contributed by atoms with E-state index in [1.807, 2.05) is 36.1 Å². The summed E-state index contributed by atoms with van der Waals surface area (Å²) in [5.41, 5.74) is 0.936. The van der Waals surface area contributed by atoms with Crippen molar-refractivity contribution >= 4 is 23.4 Å². The van der Waals surface area contributed by atoms with Gasteiger partial charge >= 0.3 is 0 Å². The van der Waals surface area contributed by atoms with Gasteiger partial charge < -0.3 is 9.80 Å². The molecule has 2 fully saturated rings. The molecule has 2 aliphatic heterocycles. The zero-order valence-electron chi connectivity index (χ0n) is 12.1. The third-order valence-corrected chi connectivity index (χ3v) is 4.87. The number of benzene rings is 1. The first-order valence-electron chi connectivity index (χ1n) is 7.44. The molecular formula is C16H19ClN2O2. The average molecular weight is 307 g/mol. The minimum Gasteiger partial charge on any atom is -0.334 e. The number of rotatable bonds is 2. The molecule has 0 radical (unpaired) electrons. The maximum absolute atomic E-state index is 12.8. The standard InChI is InChI=1S/C16H19ClN2O2/c1-11(12-5-2-3-6-13(12)17)18-10-8-15(20)19-9-4-7-14(19)16(18)21/h2-3,5-6,11,14H,4,7-10H2,1H3. The molecule has 0 spiro atoms. The Labute approximate surface area is 129 Å². The number of amides is 2. The quantitative estimate of drug-likeness (QED) is 0.843. The molecule has 0 aliphatic carbocycles. The predicted molar refractivity (Wildman–Crippen MR) is 80.9 cm³/mol. The summed E-state index contributed by atoms with van der Waals surface area (Å²) < 4.78 is 0. The topological polar surface area (TPSA) is 40.6 Å². The number of hydrogen-bond donors (Lipinski definition) is 0. The molecule has 2 heterocycles. The molecular weight excluding hydrogens is 288 g/mol. The third-order valence-electron chi connectivity index (χ3n) is 4.53. The number of halogens is 1. The highest BCUT2D eigenvalue weighted by Gasteiger charge is 2.40. The van der Waals surface area contributed by atoms with Gasteiger partial charge in [0, 0.05) is 24.5 Å². The number of carbonyl (C=O) groups excluding carboxylic acids is 2. The molecule has 4 nitrogen and oxygen atoms in total. The summed E-state index contributed by atoms with van der Waals surface area (Å²) in [6.07, 6.45) is 2.09. The van der Waals surface area contributed by atoms with Crippen LogP contribution in [0.3, 0.4) is 0 Å². The highest BCUT2D eigenvalue weighted by atomic mass is 35.5. The van der Waals surface area contributed by atoms with E-state index in [0.717, 1.165) is 18.4 Å². The molecule has 3 rings (SSSR count). The Morgan fingerprint density at radius 3 is 2.76 bits per heavy atom. The van der Waals surface area contributed by atoms with Crippen LogP contribution in [0.5, 0.6) is 0 Å². The Hall–Kier alpha value is -1.55. The van der Waals surface area contributed by atoms with Gasteiger partial charge in [0.1, 0.15) is 6.04 Å². The summed E-state index contributed by atoms with van der Waals surface area (Å²) in [6, 6.07) is 7.20. The van der Waals surface area contributed by atoms with E-state index in [4.69, 9.17) is 11.6 Å². The summed E-state index contributed by atoms with van der Waals surface area (Å²) in [4.78, 5) is 28.5. The van der Waals surface area contributed by atoms with Crippen molar-refractivity contribution in [1.82, 2.24) is 9.80 Å². The summed E-state index contributed by atoms with van der Waals surface area (Å²) in [7, 11) is 0. The molecule has 0 bridgehead atoms. The van der Waals surface area contributed by atoms with E-state index in [0.29, 0.717) is 24.5 Å². The van der Waals surface area contributed by atoms with Crippen molar-refractivity contribution in [3.05, 3.63) is 34.9 Å². The molecule has 21 heavy (non-hydrogen) atoms. The molecule has 0 N–H and O–H groups in total. The van der Waals surface area contributed by atoms with E-state index in [1.54, 1.807) is 4.90 Å². The zero-order valence-corrected chi connectivity index (χ0v) is 12.8. The van der Waals surface area contributed by atoms with E-state index in [-0.39, 0.29) is 23.9 Å². The molecule has 5 heteroatoms. The lowest BCUT2D eigenvalue weighted by atomic mass is 10.1. The monoisotopic (exact) mass is 306 g/mol. The van der Waals surface area contributed by atoms with Crippen LogP contribution >= 0.6 is 11.6 Å². The molecule has 0 saturated carbocycles. The highest BCUT2D eigenvalue weighted by molar-refractivity contribution is 6.31. The Balaban J connectivity index is 1.89. The lowest BCUT2D eigenvalue weighted by Crippen LogP contribution is -2.44. The minimum absolute atomic E-state index is 0.0609. The lowest BCUT2D eigenvalue weighted by molar-refractivity contribution is -0.140. The molecule has 2 amide bonds. The molecule has 2 atom stereocenters. The summed E-state index contributed by atoms with van der Waals surface area (Å²) >= 11 is 6.25. The largest absolute Gasteiger partial charge is 0.334 e. The number of carbonyl (C=O) groups is 2. The van der Waals surface area contributed by atoms with E-state index in [2.05, 4.69) is 0 Å². The Morgan fingerprint density at radius 2 is 2.00 bits per heavy atom. The molecule has 1 aromatic carbocycles. The van der Waals surface area contributed by atoms with E-state index in [9.17, 15) is 9.59 Å². The van der Waals surface area contributed by atoms with Gasteiger partial charge in [-0.1, -0.05) is 29.8 Å². The van der Waals surface area contributed by atoms with Gasteiger partial charge in [-0.2, -0.15) is 0 Å². The highest BCUT2D eigenvalue weighted by Crippen LogP contribution is 2.31. The molecule has 2 aliphatic rings. The fourth-order valence-corrected chi connectivity index (χ4v) is 3.64. The maximum Gasteiger partial charge on any atom is 0.245 e. The van der Waals surface area contributed by atoms with Crippen molar-refractivity contribution < 1.29 is 9.59 Å². The predicted octanol–water partition coefficient (Wildman–Crippen LogP) is 2.62. The van der Waals surface area contributed by atoms with E-state index in [1.165, 1.54) is 0 Å². The van der Waals surface area contributed by atoms with Crippen LogP contribution in [0.25, 0.3) is 0 Å². The Morgan fingerprint density at radius 1 is 1.24 bits per heavy atom. The second-order valence-electron chi connectivity index (χ2n) is 5.72. The van der Waals surface area contributed by atoms with Crippen molar-refractivity contribution in [1.29, 1.82) is 0 Å². The second-order valence-corrected chi connectivity index (χ2v) is 6.13. The fraction of sp³-hybridized carbons (Fsp3) is 0.500. The average Bonchev–Trinajstić information content (AvgIpc) is 2.92. The van der Waals surface area contributed by atoms with Crippen LogP contribution < -0.4 is 0 Å². The number of fused-ring (bicyclic) bond motifs is 1. The second kappa shape index (κ2) is 5.68. The number of nitrogens with zero attached hydrogens (tertiary/aromatic N) is 2. The SMILES string of the molecule is CC(c1ccccc1Cl)N1CCC(=O)N2CCCC2C1=O. The molecule has 2 unspecified atom stereocenters. The van der Waals surface area contributed by atoms with Crippen LogP contribution in [0.15, 0.2) is 24.3 Å². The van der Waals surface area contributed by atoms with Gasteiger partial charge in [0.25, 0.3) is 0 Å². The third kappa shape index (κ3) is 2.53. The molecule has 1 aromatic rings. The van der Waals surface area contributed by atoms with Crippen molar-refractivity contribution in [3.63, 3.8) is 0 Å². The van der Waals surface area contributed by atoms with Gasteiger partial charge in [-0.3, -0.25) is 9.59 Å². The Kier molecular flexibility index (Phi) is 3.89. The van der Waals surface area contributed by atoms with Gasteiger partial charge in [-0.15, -0.1) is 0 Å². The first-order valence-corrected chi connectivity index (χ1v) is 7.82. The molecule has 112 valence electrons. The van der Waals surface area contributed by atoms with Crippen LogP contribution in [-0.4, -0.2) is 40.7 Å². The summed E-state index contributed by atoms with van der Waals surface area (Å²) in [5, 5.41) is 0.664. The van der Waals surface area contributed by atoms with Crippen LogP contribution in [-0.2, 0) is 9.59 Å². The molecule has 2 saturated heterocycles.